The van der Waals surface area contributed by atoms with Crippen LogP contribution in [0.25, 0.3) is 0 Å². The summed E-state index contributed by atoms with van der Waals surface area (Å²) in [6, 6.07) is 4.00. The maximum atomic E-state index is 10.1. The zero-order chi connectivity index (χ0) is 12.1. The van der Waals surface area contributed by atoms with E-state index in [0.717, 1.165) is 29.7 Å². The highest BCUT2D eigenvalue weighted by atomic mass is 16.3. The molecule has 16 heavy (non-hydrogen) atoms. The van der Waals surface area contributed by atoms with Crippen molar-refractivity contribution in [2.75, 3.05) is 20.7 Å². The predicted octanol–water partition coefficient (Wildman–Crippen LogP) is 1.69. The van der Waals surface area contributed by atoms with Crippen molar-refractivity contribution in [2.24, 2.45) is 0 Å². The Labute approximate surface area is 97.3 Å². The normalized spacial score (nSPS) is 11.1. The lowest BCUT2D eigenvalue weighted by atomic mass is 10.0. The monoisotopic (exact) mass is 223 g/mol. The van der Waals surface area contributed by atoms with Gasteiger partial charge in [-0.15, -0.1) is 0 Å². The van der Waals surface area contributed by atoms with Gasteiger partial charge in [0.05, 0.1) is 0 Å². The fraction of sp³-hybridized carbons (Fsp3) is 0.538. The highest BCUT2D eigenvalue weighted by molar-refractivity contribution is 5.43. The fourth-order valence-corrected chi connectivity index (χ4v) is 1.86. The molecule has 0 saturated carbocycles. The van der Waals surface area contributed by atoms with Gasteiger partial charge in [0.25, 0.3) is 0 Å². The van der Waals surface area contributed by atoms with E-state index in [4.69, 9.17) is 5.11 Å². The number of nitrogens with zero attached hydrogens (tertiary/aromatic N) is 1. The number of aliphatic hydroxyl groups excluding tert-OH is 1. The first-order valence-electron chi connectivity index (χ1n) is 5.61. The second-order valence-corrected chi connectivity index (χ2v) is 4.50. The molecule has 3 nitrogen and oxygen atoms in total. The molecule has 0 aromatic heterocycles. The van der Waals surface area contributed by atoms with Crippen molar-refractivity contribution in [3.63, 3.8) is 0 Å². The summed E-state index contributed by atoms with van der Waals surface area (Å²) in [5.41, 5.74) is 3.05. The van der Waals surface area contributed by atoms with E-state index < -0.39 is 0 Å². The Hall–Kier alpha value is -1.06. The first kappa shape index (κ1) is 13.0. The smallest absolute Gasteiger partial charge is 0.123 e. The Morgan fingerprint density at radius 2 is 1.81 bits per heavy atom. The second-order valence-electron chi connectivity index (χ2n) is 4.50. The first-order valence-corrected chi connectivity index (χ1v) is 5.61. The van der Waals surface area contributed by atoms with Crippen molar-refractivity contribution in [2.45, 2.75) is 26.3 Å². The molecule has 0 bridgehead atoms. The topological polar surface area (TPSA) is 43.7 Å². The minimum atomic E-state index is 0.163. The lowest BCUT2D eigenvalue weighted by molar-refractivity contribution is 0.288. The van der Waals surface area contributed by atoms with Crippen LogP contribution in [0.15, 0.2) is 12.1 Å². The molecule has 0 atom stereocenters. The van der Waals surface area contributed by atoms with Crippen molar-refractivity contribution in [1.82, 2.24) is 4.90 Å². The van der Waals surface area contributed by atoms with Gasteiger partial charge in [-0.3, -0.25) is 0 Å². The van der Waals surface area contributed by atoms with Crippen LogP contribution >= 0.6 is 0 Å². The molecule has 0 heterocycles. The van der Waals surface area contributed by atoms with E-state index in [2.05, 4.69) is 0 Å². The van der Waals surface area contributed by atoms with E-state index in [1.54, 1.807) is 0 Å². The van der Waals surface area contributed by atoms with E-state index in [9.17, 15) is 5.11 Å². The van der Waals surface area contributed by atoms with Gasteiger partial charge in [0.15, 0.2) is 0 Å². The standard InChI is InChI=1S/C13H21NO2/c1-10-7-11(5-4-6-15)13(16)12(8-10)9-14(2)3/h7-8,15-16H,4-6,9H2,1-3H3. The van der Waals surface area contributed by atoms with Crippen LogP contribution in [0.2, 0.25) is 0 Å². The molecular weight excluding hydrogens is 202 g/mol. The third kappa shape index (κ3) is 3.51. The Morgan fingerprint density at radius 1 is 1.19 bits per heavy atom. The molecule has 3 heteroatoms. The number of rotatable bonds is 5. The molecule has 0 saturated heterocycles. The third-order valence-corrected chi connectivity index (χ3v) is 2.50. The summed E-state index contributed by atoms with van der Waals surface area (Å²) in [5.74, 6) is 0.382. The van der Waals surface area contributed by atoms with Crippen molar-refractivity contribution in [1.29, 1.82) is 0 Å². The Bertz CT molecular complexity index is 348. The number of phenolic OH excluding ortho intramolecular Hbond substituents is 1. The summed E-state index contributed by atoms with van der Waals surface area (Å²) < 4.78 is 0. The lowest BCUT2D eigenvalue weighted by Gasteiger charge is -2.15. The largest absolute Gasteiger partial charge is 0.507 e. The summed E-state index contributed by atoms with van der Waals surface area (Å²) in [5, 5.41) is 18.9. The zero-order valence-electron chi connectivity index (χ0n) is 10.3. The molecule has 1 aromatic rings. The van der Waals surface area contributed by atoms with Gasteiger partial charge in [0.1, 0.15) is 5.75 Å². The molecule has 0 aliphatic rings. The second kappa shape index (κ2) is 5.87. The quantitative estimate of drug-likeness (QED) is 0.798. The summed E-state index contributed by atoms with van der Waals surface area (Å²) in [6.07, 6.45) is 1.42. The molecule has 0 radical (unpaired) electrons. The van der Waals surface area contributed by atoms with Crippen molar-refractivity contribution < 1.29 is 10.2 Å². The van der Waals surface area contributed by atoms with Crippen LogP contribution in [0.1, 0.15) is 23.1 Å². The molecule has 0 fully saturated rings. The van der Waals surface area contributed by atoms with Gasteiger partial charge in [-0.05, 0) is 39.4 Å². The number of hydrogen-bond acceptors (Lipinski definition) is 3. The Morgan fingerprint density at radius 3 is 2.38 bits per heavy atom. The minimum Gasteiger partial charge on any atom is -0.507 e. The summed E-state index contributed by atoms with van der Waals surface area (Å²) in [7, 11) is 3.96. The van der Waals surface area contributed by atoms with Gasteiger partial charge >= 0.3 is 0 Å². The molecule has 0 aliphatic carbocycles. The Kier molecular flexibility index (Phi) is 4.77. The van der Waals surface area contributed by atoms with Gasteiger partial charge in [0, 0.05) is 18.7 Å². The number of benzene rings is 1. The Balaban J connectivity index is 2.95. The highest BCUT2D eigenvalue weighted by Gasteiger charge is 2.09. The van der Waals surface area contributed by atoms with Gasteiger partial charge in [-0.25, -0.2) is 0 Å². The minimum absolute atomic E-state index is 0.163. The summed E-state index contributed by atoms with van der Waals surface area (Å²) in [6.45, 7) is 2.93. The van der Waals surface area contributed by atoms with Crippen LogP contribution in [-0.4, -0.2) is 35.8 Å². The molecule has 1 aromatic carbocycles. The zero-order valence-corrected chi connectivity index (χ0v) is 10.3. The molecule has 1 rings (SSSR count). The van der Waals surface area contributed by atoms with Crippen molar-refractivity contribution in [3.05, 3.63) is 28.8 Å². The molecular formula is C13H21NO2. The van der Waals surface area contributed by atoms with Gasteiger partial charge < -0.3 is 15.1 Å². The SMILES string of the molecule is Cc1cc(CCCO)c(O)c(CN(C)C)c1. The van der Waals surface area contributed by atoms with E-state index >= 15 is 0 Å². The van der Waals surface area contributed by atoms with Crippen molar-refractivity contribution in [3.8, 4) is 5.75 Å². The van der Waals surface area contributed by atoms with Gasteiger partial charge in [-0.2, -0.15) is 0 Å². The predicted molar refractivity (Wildman–Crippen MR) is 65.6 cm³/mol. The molecule has 0 aliphatic heterocycles. The van der Waals surface area contributed by atoms with Crippen LogP contribution in [0.4, 0.5) is 0 Å². The summed E-state index contributed by atoms with van der Waals surface area (Å²) >= 11 is 0. The fourth-order valence-electron chi connectivity index (χ4n) is 1.86. The third-order valence-electron chi connectivity index (χ3n) is 2.50. The molecule has 0 spiro atoms. The van der Waals surface area contributed by atoms with Crippen LogP contribution in [0, 0.1) is 6.92 Å². The van der Waals surface area contributed by atoms with Crippen LogP contribution in [0.5, 0.6) is 5.75 Å². The van der Waals surface area contributed by atoms with Crippen molar-refractivity contribution >= 4 is 0 Å². The lowest BCUT2D eigenvalue weighted by Crippen LogP contribution is -2.11. The first-order chi connectivity index (χ1) is 7.54. The molecule has 0 amide bonds. The van der Waals surface area contributed by atoms with Crippen LogP contribution < -0.4 is 0 Å². The number of aliphatic hydroxyl groups is 1. The maximum Gasteiger partial charge on any atom is 0.123 e. The summed E-state index contributed by atoms with van der Waals surface area (Å²) in [4.78, 5) is 2.03. The number of aromatic hydroxyl groups is 1. The van der Waals surface area contributed by atoms with Gasteiger partial charge in [-0.1, -0.05) is 17.7 Å². The number of hydrogen-bond donors (Lipinski definition) is 2. The van der Waals surface area contributed by atoms with Crippen LogP contribution in [-0.2, 0) is 13.0 Å². The average molecular weight is 223 g/mol. The maximum absolute atomic E-state index is 10.1. The molecule has 2 N–H and O–H groups in total. The van der Waals surface area contributed by atoms with E-state index in [-0.39, 0.29) is 6.61 Å². The highest BCUT2D eigenvalue weighted by Crippen LogP contribution is 2.26. The number of aryl methyl sites for hydroxylation is 2. The average Bonchev–Trinajstić information content (AvgIpc) is 2.20. The van der Waals surface area contributed by atoms with E-state index in [1.165, 1.54) is 0 Å². The van der Waals surface area contributed by atoms with E-state index in [1.807, 2.05) is 38.1 Å². The number of phenols is 1. The molecule has 0 unspecified atom stereocenters. The van der Waals surface area contributed by atoms with Gasteiger partial charge in [0.2, 0.25) is 0 Å². The van der Waals surface area contributed by atoms with Crippen LogP contribution in [0.3, 0.4) is 0 Å². The van der Waals surface area contributed by atoms with E-state index in [0.29, 0.717) is 12.2 Å². The molecule has 90 valence electrons.